The number of halogens is 6. The number of ether oxygens (including phenoxy) is 1. The molecule has 228 valence electrons. The van der Waals surface area contributed by atoms with Gasteiger partial charge in [-0.2, -0.15) is 26.3 Å². The molecule has 0 atom stereocenters. The summed E-state index contributed by atoms with van der Waals surface area (Å²) in [5, 5.41) is 0. The summed E-state index contributed by atoms with van der Waals surface area (Å²) < 4.78 is 114. The van der Waals surface area contributed by atoms with E-state index in [4.69, 9.17) is 4.74 Å². The van der Waals surface area contributed by atoms with E-state index in [2.05, 4.69) is 20.8 Å². The van der Waals surface area contributed by atoms with Crippen molar-refractivity contribution in [3.05, 3.63) is 0 Å². The zero-order valence-electron chi connectivity index (χ0n) is 22.4. The number of methoxy groups -OCH3 is 1. The van der Waals surface area contributed by atoms with Crippen LogP contribution in [0.2, 0.25) is 0 Å². The monoisotopic (exact) mass is 613 g/mol. The Labute approximate surface area is 220 Å². The molecule has 37 heavy (non-hydrogen) atoms. The molecule has 0 amide bonds. The van der Waals surface area contributed by atoms with E-state index in [1.54, 1.807) is 0 Å². The van der Waals surface area contributed by atoms with Gasteiger partial charge in [0.25, 0.3) is 0 Å². The van der Waals surface area contributed by atoms with Crippen molar-refractivity contribution < 1.29 is 47.9 Å². The summed E-state index contributed by atoms with van der Waals surface area (Å²) in [5.74, 6) is 0. The molecule has 0 saturated carbocycles. The normalized spacial score (nSPS) is 13.8. The Morgan fingerprint density at radius 3 is 1.11 bits per heavy atom. The van der Waals surface area contributed by atoms with E-state index >= 15 is 0 Å². The second kappa shape index (κ2) is 19.0. The van der Waals surface area contributed by atoms with Crippen LogP contribution in [-0.4, -0.2) is 59.8 Å². The van der Waals surface area contributed by atoms with Gasteiger partial charge in [0.05, 0.1) is 0 Å². The average Bonchev–Trinajstić information content (AvgIpc) is 2.76. The van der Waals surface area contributed by atoms with E-state index in [1.807, 2.05) is 7.11 Å². The Bertz CT molecular complexity index is 717. The molecule has 6 nitrogen and oxygen atoms in total. The standard InChI is InChI=1S/C20H45OP.C2HF6NO4S2/c1-5-8-11-14-17-22(20-21-4,18-15-12-9-6-2)19-16-13-10-7-3;3-1(4,5)14(10,11)9-15(12,13)2(6,7)8/h22H,5-20H2,1-4H3;9H. The third-order valence-electron chi connectivity index (χ3n) is 5.96. The van der Waals surface area contributed by atoms with E-state index < -0.39 is 42.5 Å². The third-order valence-corrected chi connectivity index (χ3v) is 14.1. The van der Waals surface area contributed by atoms with Gasteiger partial charge in [-0.1, -0.05) is 4.13 Å². The topological polar surface area (TPSA) is 89.5 Å². The first-order valence-electron chi connectivity index (χ1n) is 12.8. The maximum atomic E-state index is 11.5. The zero-order valence-corrected chi connectivity index (χ0v) is 25.1. The van der Waals surface area contributed by atoms with Crippen LogP contribution in [0.3, 0.4) is 0 Å². The maximum Gasteiger partial charge on any atom is 0.512 e. The second-order valence-electron chi connectivity index (χ2n) is 9.35. The molecule has 0 aromatic rings. The number of nitrogens with one attached hydrogen (secondary N) is 1. The van der Waals surface area contributed by atoms with Gasteiger partial charge in [0.15, 0.2) is 0 Å². The van der Waals surface area contributed by atoms with Crippen LogP contribution in [0.5, 0.6) is 0 Å². The number of hydrogen-bond acceptors (Lipinski definition) is 5. The Kier molecular flexibility index (Phi) is 20.0. The van der Waals surface area contributed by atoms with Crippen LogP contribution in [-0.2, 0) is 24.8 Å². The summed E-state index contributed by atoms with van der Waals surface area (Å²) in [6.07, 6.45) is 22.7. The van der Waals surface area contributed by atoms with Crippen molar-refractivity contribution in [1.29, 1.82) is 0 Å². The van der Waals surface area contributed by atoms with Crippen molar-refractivity contribution in [2.45, 2.75) is 109 Å². The molecular formula is C22H46F6NO5PS2. The summed E-state index contributed by atoms with van der Waals surface area (Å²) in [5.41, 5.74) is -12.3. The summed E-state index contributed by atoms with van der Waals surface area (Å²) in [4.78, 5) is 0. The summed E-state index contributed by atoms with van der Waals surface area (Å²) in [6.45, 7) is 6.94. The molecule has 0 fully saturated rings. The Hall–Kier alpha value is -0.170. The quantitative estimate of drug-likeness (QED) is 0.0935. The fraction of sp³-hybridized carbons (Fsp3) is 1.00. The van der Waals surface area contributed by atoms with Gasteiger partial charge in [0.1, 0.15) is 0 Å². The molecule has 0 unspecified atom stereocenters. The summed E-state index contributed by atoms with van der Waals surface area (Å²) >= 11 is 0. The van der Waals surface area contributed by atoms with E-state index in [0.717, 1.165) is 6.35 Å². The van der Waals surface area contributed by atoms with Crippen LogP contribution in [0, 0.1) is 0 Å². The Morgan fingerprint density at radius 1 is 0.595 bits per heavy atom. The maximum absolute atomic E-state index is 11.5. The molecule has 15 heteroatoms. The molecule has 0 saturated heterocycles. The van der Waals surface area contributed by atoms with Gasteiger partial charge in [-0.3, -0.25) is 0 Å². The molecule has 0 rings (SSSR count). The minimum Gasteiger partial charge on any atom is -0.202 e. The first-order chi connectivity index (χ1) is 16.9. The molecule has 0 radical (unpaired) electrons. The van der Waals surface area contributed by atoms with Crippen molar-refractivity contribution in [1.82, 2.24) is 4.13 Å². The molecule has 0 heterocycles. The van der Waals surface area contributed by atoms with Crippen molar-refractivity contribution >= 4 is 27.3 Å². The van der Waals surface area contributed by atoms with Crippen LogP contribution < -0.4 is 4.13 Å². The number of sulfonamides is 2. The summed E-state index contributed by atoms with van der Waals surface area (Å²) in [7, 11) is -12.4. The van der Waals surface area contributed by atoms with Gasteiger partial charge in [-0.25, -0.2) is 16.8 Å². The molecule has 0 aromatic heterocycles. The fourth-order valence-corrected chi connectivity index (χ4v) is 10.6. The first-order valence-corrected chi connectivity index (χ1v) is 18.6. The molecule has 0 aromatic carbocycles. The molecule has 0 aliphatic rings. The number of rotatable bonds is 19. The van der Waals surface area contributed by atoms with E-state index in [-0.39, 0.29) is 0 Å². The minimum absolute atomic E-state index is 0.493. The van der Waals surface area contributed by atoms with E-state index in [0.29, 0.717) is 0 Å². The van der Waals surface area contributed by atoms with Crippen molar-refractivity contribution in [2.75, 3.05) is 31.9 Å². The van der Waals surface area contributed by atoms with Gasteiger partial charge in [0, 0.05) is 0 Å². The Balaban J connectivity index is 0. The van der Waals surface area contributed by atoms with Crippen LogP contribution >= 0.6 is 7.26 Å². The van der Waals surface area contributed by atoms with E-state index in [9.17, 15) is 43.2 Å². The molecule has 0 bridgehead atoms. The van der Waals surface area contributed by atoms with Crippen molar-refractivity contribution in [3.63, 3.8) is 0 Å². The Morgan fingerprint density at radius 2 is 0.892 bits per heavy atom. The van der Waals surface area contributed by atoms with E-state index in [1.165, 1.54) is 95.5 Å². The number of hydrogen-bond donors (Lipinski definition) is 1. The molecule has 0 aliphatic carbocycles. The average molecular weight is 614 g/mol. The van der Waals surface area contributed by atoms with Crippen LogP contribution in [0.1, 0.15) is 97.8 Å². The molecule has 0 aliphatic heterocycles. The molecule has 1 N–H and O–H groups in total. The first kappa shape index (κ1) is 39.0. The third kappa shape index (κ3) is 17.2. The summed E-state index contributed by atoms with van der Waals surface area (Å²) in [6, 6.07) is 0. The number of unbranched alkanes of at least 4 members (excludes halogenated alkanes) is 9. The SMILES string of the molecule is CCCCCC[PH](CCCCCC)(CCCCCC)COC.O=S(=O)(NS(=O)(=O)C(F)(F)F)C(F)(F)F. The predicted molar refractivity (Wildman–Crippen MR) is 140 cm³/mol. The van der Waals surface area contributed by atoms with Crippen molar-refractivity contribution in [3.8, 4) is 0 Å². The van der Waals surface area contributed by atoms with Crippen molar-refractivity contribution in [2.24, 2.45) is 0 Å². The molecule has 0 spiro atoms. The van der Waals surface area contributed by atoms with Crippen LogP contribution in [0.25, 0.3) is 0 Å². The van der Waals surface area contributed by atoms with Gasteiger partial charge >= 0.3 is 173 Å². The van der Waals surface area contributed by atoms with Crippen LogP contribution in [0.15, 0.2) is 0 Å². The number of alkyl halides is 6. The van der Waals surface area contributed by atoms with Gasteiger partial charge in [-0.15, -0.1) is 0 Å². The minimum atomic E-state index is -6.60. The van der Waals surface area contributed by atoms with Gasteiger partial charge < -0.3 is 0 Å². The van der Waals surface area contributed by atoms with Crippen LogP contribution in [0.4, 0.5) is 26.3 Å². The second-order valence-corrected chi connectivity index (χ2v) is 17.7. The smallest absolute Gasteiger partial charge is 0.202 e. The fourth-order valence-electron chi connectivity index (χ4n) is 3.92. The predicted octanol–water partition coefficient (Wildman–Crippen LogP) is 7.36. The zero-order chi connectivity index (χ0) is 29.2. The van der Waals surface area contributed by atoms with Gasteiger partial charge in [-0.05, 0) is 0 Å². The molecular weight excluding hydrogens is 567 g/mol. The van der Waals surface area contributed by atoms with Gasteiger partial charge in [0.2, 0.25) is 0 Å². The largest absolute Gasteiger partial charge is 0.512 e.